The molecule has 31 heavy (non-hydrogen) atoms. The number of nitrogens with one attached hydrogen (secondary N) is 1. The Kier molecular flexibility index (Phi) is 6.27. The molecule has 13 heteroatoms. The number of thiazole rings is 1. The summed E-state index contributed by atoms with van der Waals surface area (Å²) in [6, 6.07) is 3.97. The monoisotopic (exact) mass is 521 g/mol. The highest BCUT2D eigenvalue weighted by atomic mass is 79.9. The smallest absolute Gasteiger partial charge is 0.261 e. The molecule has 0 radical (unpaired) electrons. The predicted molar refractivity (Wildman–Crippen MR) is 106 cm³/mol. The Balaban J connectivity index is 2.13. The first-order chi connectivity index (χ1) is 14.6. The zero-order valence-electron chi connectivity index (χ0n) is 15.1. The molecule has 3 aromatic rings. The van der Waals surface area contributed by atoms with Crippen molar-refractivity contribution in [3.8, 4) is 17.0 Å². The molecular weight excluding hydrogens is 513 g/mol. The molecule has 6 nitrogen and oxygen atoms in total. The lowest BCUT2D eigenvalue weighted by molar-refractivity contribution is -0.107. The molecule has 0 bridgehead atoms. The summed E-state index contributed by atoms with van der Waals surface area (Å²) >= 11 is 3.67. The molecule has 0 spiro atoms. The SMILES string of the molecule is CN(C=O)c1sc(NC(=O)c2cc(Br)ccc2O)nc1-c1c(F)c(F)c(F)c(F)c1F. The predicted octanol–water partition coefficient (Wildman–Crippen LogP) is 4.82. The first-order valence-corrected chi connectivity index (χ1v) is 9.68. The van der Waals surface area contributed by atoms with E-state index in [1.54, 1.807) is 0 Å². The van der Waals surface area contributed by atoms with Gasteiger partial charge in [-0.25, -0.2) is 26.9 Å². The highest BCUT2D eigenvalue weighted by Crippen LogP contribution is 2.41. The number of aromatic nitrogens is 1. The van der Waals surface area contributed by atoms with Crippen LogP contribution < -0.4 is 10.2 Å². The third-order valence-corrected chi connectivity index (χ3v) is 5.51. The van der Waals surface area contributed by atoms with E-state index in [0.29, 0.717) is 15.8 Å². The molecule has 0 unspecified atom stereocenters. The van der Waals surface area contributed by atoms with E-state index >= 15 is 0 Å². The van der Waals surface area contributed by atoms with Gasteiger partial charge in [0.2, 0.25) is 12.2 Å². The summed E-state index contributed by atoms with van der Waals surface area (Å²) < 4.78 is 69.7. The number of hydrogen-bond acceptors (Lipinski definition) is 5. The van der Waals surface area contributed by atoms with Gasteiger partial charge in [0.15, 0.2) is 28.4 Å². The van der Waals surface area contributed by atoms with Crippen molar-refractivity contribution in [3.63, 3.8) is 0 Å². The van der Waals surface area contributed by atoms with Gasteiger partial charge < -0.3 is 10.0 Å². The largest absolute Gasteiger partial charge is 0.507 e. The Bertz CT molecular complexity index is 1190. The highest BCUT2D eigenvalue weighted by molar-refractivity contribution is 9.10. The number of carbonyl (C=O) groups is 2. The molecule has 0 atom stereocenters. The van der Waals surface area contributed by atoms with Crippen molar-refractivity contribution in [2.45, 2.75) is 0 Å². The summed E-state index contributed by atoms with van der Waals surface area (Å²) in [5, 5.41) is 11.5. The van der Waals surface area contributed by atoms with Crippen molar-refractivity contribution >= 4 is 49.7 Å². The lowest BCUT2D eigenvalue weighted by Gasteiger charge is -2.11. The maximum Gasteiger partial charge on any atom is 0.261 e. The quantitative estimate of drug-likeness (QED) is 0.218. The molecule has 0 fully saturated rings. The molecular formula is C18H9BrF5N3O3S. The average Bonchev–Trinajstić information content (AvgIpc) is 3.15. The zero-order valence-corrected chi connectivity index (χ0v) is 17.5. The minimum Gasteiger partial charge on any atom is -0.507 e. The Morgan fingerprint density at radius 3 is 2.29 bits per heavy atom. The molecule has 2 amide bonds. The van der Waals surface area contributed by atoms with E-state index in [0.717, 1.165) is 11.9 Å². The van der Waals surface area contributed by atoms with Crippen LogP contribution in [0.15, 0.2) is 22.7 Å². The minimum atomic E-state index is -2.35. The number of nitrogens with zero attached hydrogens (tertiary/aromatic N) is 2. The Morgan fingerprint density at radius 1 is 1.13 bits per heavy atom. The number of halogens is 6. The number of aromatic hydroxyl groups is 1. The van der Waals surface area contributed by atoms with E-state index in [1.807, 2.05) is 0 Å². The van der Waals surface area contributed by atoms with Crippen LogP contribution in [-0.4, -0.2) is 29.5 Å². The molecule has 0 saturated heterocycles. The highest BCUT2D eigenvalue weighted by Gasteiger charge is 2.31. The summed E-state index contributed by atoms with van der Waals surface area (Å²) in [6.07, 6.45) is 0.217. The second-order valence-electron chi connectivity index (χ2n) is 5.95. The molecule has 162 valence electrons. The van der Waals surface area contributed by atoms with Gasteiger partial charge in [0.25, 0.3) is 5.91 Å². The first-order valence-electron chi connectivity index (χ1n) is 8.07. The van der Waals surface area contributed by atoms with Crippen molar-refractivity contribution in [1.82, 2.24) is 4.98 Å². The lowest BCUT2D eigenvalue weighted by atomic mass is 10.1. The summed E-state index contributed by atoms with van der Waals surface area (Å²) in [5.74, 6) is -12.3. The maximum atomic E-state index is 14.3. The van der Waals surface area contributed by atoms with Gasteiger partial charge in [-0.15, -0.1) is 0 Å². The number of carbonyl (C=O) groups excluding carboxylic acids is 2. The fraction of sp³-hybridized carbons (Fsp3) is 0.0556. The summed E-state index contributed by atoms with van der Waals surface area (Å²) in [5.41, 5.74) is -2.30. The van der Waals surface area contributed by atoms with Crippen LogP contribution in [0.1, 0.15) is 10.4 Å². The van der Waals surface area contributed by atoms with E-state index < -0.39 is 46.3 Å². The summed E-state index contributed by atoms with van der Waals surface area (Å²) in [6.45, 7) is 0. The molecule has 2 aromatic carbocycles. The molecule has 0 aliphatic carbocycles. The second kappa shape index (κ2) is 8.59. The fourth-order valence-corrected chi connectivity index (χ4v) is 3.74. The number of phenols is 1. The van der Waals surface area contributed by atoms with Crippen molar-refractivity contribution in [2.75, 3.05) is 17.3 Å². The summed E-state index contributed by atoms with van der Waals surface area (Å²) in [4.78, 5) is 28.2. The van der Waals surface area contributed by atoms with Crippen LogP contribution in [0.5, 0.6) is 5.75 Å². The molecule has 2 N–H and O–H groups in total. The van der Waals surface area contributed by atoms with Crippen LogP contribution >= 0.6 is 27.3 Å². The van der Waals surface area contributed by atoms with Crippen LogP contribution in [0, 0.1) is 29.1 Å². The van der Waals surface area contributed by atoms with Gasteiger partial charge in [-0.05, 0) is 18.2 Å². The topological polar surface area (TPSA) is 82.5 Å². The van der Waals surface area contributed by atoms with Crippen molar-refractivity contribution < 1.29 is 36.6 Å². The number of amides is 2. The van der Waals surface area contributed by atoms with Gasteiger partial charge in [0.05, 0.1) is 11.1 Å². The van der Waals surface area contributed by atoms with Crippen LogP contribution in [0.25, 0.3) is 11.3 Å². The maximum absolute atomic E-state index is 14.3. The summed E-state index contributed by atoms with van der Waals surface area (Å²) in [7, 11) is 1.15. The standard InChI is InChI=1S/C18H9BrF5N3O3S/c1-27(5-28)17-15(9-10(20)12(22)14(24)13(23)11(9)21)25-18(31-17)26-16(30)7-4-6(19)2-3-8(7)29/h2-5,29H,1H3,(H,25,26,30). The number of hydrogen-bond donors (Lipinski definition) is 2. The molecule has 0 saturated carbocycles. The van der Waals surface area contributed by atoms with Gasteiger partial charge >= 0.3 is 0 Å². The van der Waals surface area contributed by atoms with E-state index in [1.165, 1.54) is 18.2 Å². The van der Waals surface area contributed by atoms with Gasteiger partial charge in [-0.2, -0.15) is 0 Å². The second-order valence-corrected chi connectivity index (χ2v) is 7.84. The normalized spacial score (nSPS) is 10.8. The van der Waals surface area contributed by atoms with Crippen molar-refractivity contribution in [2.24, 2.45) is 0 Å². The average molecular weight is 522 g/mol. The van der Waals surface area contributed by atoms with Gasteiger partial charge in [-0.3, -0.25) is 14.9 Å². The third-order valence-electron chi connectivity index (χ3n) is 3.96. The Morgan fingerprint density at radius 2 is 1.71 bits per heavy atom. The van der Waals surface area contributed by atoms with Crippen LogP contribution in [0.4, 0.5) is 32.1 Å². The fourth-order valence-electron chi connectivity index (χ4n) is 2.48. The number of anilines is 2. The number of rotatable bonds is 5. The van der Waals surface area contributed by atoms with Crippen molar-refractivity contribution in [3.05, 3.63) is 57.3 Å². The van der Waals surface area contributed by atoms with Crippen LogP contribution in [-0.2, 0) is 4.79 Å². The van der Waals surface area contributed by atoms with E-state index in [2.05, 4.69) is 26.2 Å². The van der Waals surface area contributed by atoms with E-state index in [-0.39, 0.29) is 27.9 Å². The van der Waals surface area contributed by atoms with Gasteiger partial charge in [-0.1, -0.05) is 27.3 Å². The van der Waals surface area contributed by atoms with E-state index in [9.17, 15) is 36.6 Å². The Labute approximate surface area is 183 Å². The molecule has 0 aliphatic heterocycles. The number of phenolic OH excluding ortho intramolecular Hbond substituents is 1. The Hall–Kier alpha value is -3.06. The molecule has 3 rings (SSSR count). The number of benzene rings is 2. The lowest BCUT2D eigenvalue weighted by Crippen LogP contribution is -2.14. The van der Waals surface area contributed by atoms with Gasteiger partial charge in [0.1, 0.15) is 16.4 Å². The molecule has 0 aliphatic rings. The van der Waals surface area contributed by atoms with E-state index in [4.69, 9.17) is 0 Å². The molecule has 1 aromatic heterocycles. The third kappa shape index (κ3) is 4.10. The van der Waals surface area contributed by atoms with Crippen molar-refractivity contribution in [1.29, 1.82) is 0 Å². The first kappa shape index (κ1) is 22.6. The zero-order chi connectivity index (χ0) is 23.0. The minimum absolute atomic E-state index is 0.187. The van der Waals surface area contributed by atoms with Crippen LogP contribution in [0.2, 0.25) is 0 Å². The molecule has 1 heterocycles. The van der Waals surface area contributed by atoms with Gasteiger partial charge in [0, 0.05) is 11.5 Å². The van der Waals surface area contributed by atoms with Crippen LogP contribution in [0.3, 0.4) is 0 Å².